The average molecular weight is 432 g/mol. The zero-order valence-electron chi connectivity index (χ0n) is 16.4. The molecule has 0 radical (unpaired) electrons. The molecule has 0 atom stereocenters. The Kier molecular flexibility index (Phi) is 4.78. The summed E-state index contributed by atoms with van der Waals surface area (Å²) in [6, 6.07) is 17.8. The number of hydrogen-bond donors (Lipinski definition) is 2. The molecule has 6 nitrogen and oxygen atoms in total. The van der Waals surface area contributed by atoms with E-state index in [4.69, 9.17) is 0 Å². The smallest absolute Gasteiger partial charge is 0.340 e. The molecular weight excluding hydrogens is 417 g/mol. The largest absolute Gasteiger partial charge is 0.421 e. The fraction of sp³-hybridized carbons (Fsp3) is 0.0435. The van der Waals surface area contributed by atoms with E-state index in [1.807, 2.05) is 30.3 Å². The number of halogens is 3. The molecule has 5 rings (SSSR count). The Morgan fingerprint density at radius 1 is 0.688 bits per heavy atom. The van der Waals surface area contributed by atoms with Crippen molar-refractivity contribution in [2.45, 2.75) is 6.18 Å². The Labute approximate surface area is 180 Å². The third-order valence-electron chi connectivity index (χ3n) is 4.82. The van der Waals surface area contributed by atoms with E-state index >= 15 is 0 Å². The molecule has 5 aromatic rings. The first-order valence-corrected chi connectivity index (χ1v) is 9.64. The molecule has 158 valence electrons. The van der Waals surface area contributed by atoms with E-state index in [1.54, 1.807) is 42.7 Å². The Hall–Kier alpha value is -4.27. The summed E-state index contributed by atoms with van der Waals surface area (Å²) in [5.41, 5.74) is 1.67. The molecular formula is C23H15F3N6. The minimum atomic E-state index is -4.62. The molecule has 0 unspecified atom stereocenters. The summed E-state index contributed by atoms with van der Waals surface area (Å²) in [4.78, 5) is 16.4. The van der Waals surface area contributed by atoms with Crippen LogP contribution < -0.4 is 10.6 Å². The van der Waals surface area contributed by atoms with Gasteiger partial charge in [-0.3, -0.25) is 9.97 Å². The predicted molar refractivity (Wildman–Crippen MR) is 117 cm³/mol. The topological polar surface area (TPSA) is 75.6 Å². The summed E-state index contributed by atoms with van der Waals surface area (Å²) < 4.78 is 40.7. The van der Waals surface area contributed by atoms with E-state index in [2.05, 4.69) is 30.6 Å². The number of pyridine rings is 2. The highest BCUT2D eigenvalue weighted by Gasteiger charge is 2.35. The van der Waals surface area contributed by atoms with Gasteiger partial charge in [-0.1, -0.05) is 12.1 Å². The molecule has 3 aromatic heterocycles. The average Bonchev–Trinajstić information content (AvgIpc) is 2.78. The number of nitrogens with zero attached hydrogens (tertiary/aromatic N) is 4. The molecule has 0 aliphatic carbocycles. The van der Waals surface area contributed by atoms with Crippen LogP contribution in [0.15, 0.2) is 79.3 Å². The number of benzene rings is 2. The van der Waals surface area contributed by atoms with Crippen LogP contribution >= 0.6 is 0 Å². The SMILES string of the molecule is FC(F)(F)c1cnc(Nc2ccc3ncccc3c2)nc1Nc1ccc2ncccc2c1. The van der Waals surface area contributed by atoms with Gasteiger partial charge in [-0.15, -0.1) is 0 Å². The maximum Gasteiger partial charge on any atom is 0.421 e. The molecule has 0 aliphatic heterocycles. The summed E-state index contributed by atoms with van der Waals surface area (Å²) >= 11 is 0. The van der Waals surface area contributed by atoms with E-state index in [-0.39, 0.29) is 11.8 Å². The highest BCUT2D eigenvalue weighted by atomic mass is 19.4. The van der Waals surface area contributed by atoms with Gasteiger partial charge >= 0.3 is 6.18 Å². The van der Waals surface area contributed by atoms with Gasteiger partial charge in [-0.2, -0.15) is 18.2 Å². The van der Waals surface area contributed by atoms with Crippen LogP contribution in [0.3, 0.4) is 0 Å². The van der Waals surface area contributed by atoms with E-state index in [0.717, 1.165) is 28.0 Å². The Balaban J connectivity index is 1.50. The van der Waals surface area contributed by atoms with Crippen molar-refractivity contribution in [1.29, 1.82) is 0 Å². The standard InChI is InChI=1S/C23H15F3N6/c24-23(25,26)18-13-29-22(31-17-6-8-20-15(12-17)4-2-10-28-20)32-21(18)30-16-5-7-19-14(11-16)3-1-9-27-19/h1-13H,(H2,29,30,31,32). The van der Waals surface area contributed by atoms with Gasteiger partial charge in [0.2, 0.25) is 5.95 Å². The highest BCUT2D eigenvalue weighted by molar-refractivity contribution is 5.84. The normalized spacial score (nSPS) is 11.6. The predicted octanol–water partition coefficient (Wildman–Crippen LogP) is 6.08. The van der Waals surface area contributed by atoms with Gasteiger partial charge in [0.25, 0.3) is 0 Å². The first kappa shape index (κ1) is 19.7. The van der Waals surface area contributed by atoms with Gasteiger partial charge in [0.15, 0.2) is 0 Å². The molecule has 2 N–H and O–H groups in total. The van der Waals surface area contributed by atoms with E-state index in [1.165, 1.54) is 0 Å². The molecule has 3 heterocycles. The lowest BCUT2D eigenvalue weighted by Crippen LogP contribution is -2.12. The third-order valence-corrected chi connectivity index (χ3v) is 4.82. The lowest BCUT2D eigenvalue weighted by atomic mass is 10.2. The third kappa shape index (κ3) is 4.00. The van der Waals surface area contributed by atoms with Crippen LogP contribution in [0.4, 0.5) is 36.3 Å². The van der Waals surface area contributed by atoms with Crippen molar-refractivity contribution in [3.05, 3.63) is 84.8 Å². The number of aromatic nitrogens is 4. The molecule has 0 fully saturated rings. The molecule has 0 saturated carbocycles. The van der Waals surface area contributed by atoms with Crippen molar-refractivity contribution in [3.63, 3.8) is 0 Å². The lowest BCUT2D eigenvalue weighted by molar-refractivity contribution is -0.137. The molecule has 0 spiro atoms. The van der Waals surface area contributed by atoms with Gasteiger partial charge in [0, 0.05) is 40.7 Å². The minimum Gasteiger partial charge on any atom is -0.340 e. The number of nitrogens with one attached hydrogen (secondary N) is 2. The molecule has 32 heavy (non-hydrogen) atoms. The first-order valence-electron chi connectivity index (χ1n) is 9.64. The Morgan fingerprint density at radius 2 is 1.28 bits per heavy atom. The molecule has 0 aliphatic rings. The van der Waals surface area contributed by atoms with Crippen LogP contribution in [0.5, 0.6) is 0 Å². The quantitative estimate of drug-likeness (QED) is 0.359. The number of rotatable bonds is 4. The Bertz CT molecular complexity index is 1430. The van der Waals surface area contributed by atoms with Crippen molar-refractivity contribution in [3.8, 4) is 0 Å². The molecule has 9 heteroatoms. The summed E-state index contributed by atoms with van der Waals surface area (Å²) in [5.74, 6) is -0.313. The second-order valence-electron chi connectivity index (χ2n) is 7.03. The number of alkyl halides is 3. The lowest BCUT2D eigenvalue weighted by Gasteiger charge is -2.15. The van der Waals surface area contributed by atoms with E-state index < -0.39 is 11.7 Å². The van der Waals surface area contributed by atoms with Crippen LogP contribution in [-0.2, 0) is 6.18 Å². The van der Waals surface area contributed by atoms with Gasteiger partial charge < -0.3 is 10.6 Å². The van der Waals surface area contributed by atoms with Gasteiger partial charge in [-0.05, 0) is 48.5 Å². The molecule has 0 saturated heterocycles. The maximum absolute atomic E-state index is 13.6. The van der Waals surface area contributed by atoms with Crippen LogP contribution in [-0.4, -0.2) is 19.9 Å². The van der Waals surface area contributed by atoms with Crippen LogP contribution in [0.2, 0.25) is 0 Å². The summed E-state index contributed by atoms with van der Waals surface area (Å²) in [6.45, 7) is 0. The van der Waals surface area contributed by atoms with Crippen LogP contribution in [0, 0.1) is 0 Å². The van der Waals surface area contributed by atoms with Crippen molar-refractivity contribution in [2.24, 2.45) is 0 Å². The first-order chi connectivity index (χ1) is 15.5. The summed E-state index contributed by atoms with van der Waals surface area (Å²) in [7, 11) is 0. The number of fused-ring (bicyclic) bond motifs is 2. The fourth-order valence-electron chi connectivity index (χ4n) is 3.32. The zero-order valence-corrected chi connectivity index (χ0v) is 16.4. The molecule has 0 bridgehead atoms. The fourth-order valence-corrected chi connectivity index (χ4v) is 3.32. The van der Waals surface area contributed by atoms with Crippen molar-refractivity contribution < 1.29 is 13.2 Å². The summed E-state index contributed by atoms with van der Waals surface area (Å²) in [5, 5.41) is 7.42. The second kappa shape index (κ2) is 7.77. The van der Waals surface area contributed by atoms with Crippen LogP contribution in [0.25, 0.3) is 21.8 Å². The minimum absolute atomic E-state index is 0.0335. The van der Waals surface area contributed by atoms with Gasteiger partial charge in [-0.25, -0.2) is 4.98 Å². The second-order valence-corrected chi connectivity index (χ2v) is 7.03. The van der Waals surface area contributed by atoms with Crippen molar-refractivity contribution in [1.82, 2.24) is 19.9 Å². The molecule has 2 aromatic carbocycles. The van der Waals surface area contributed by atoms with Crippen molar-refractivity contribution in [2.75, 3.05) is 10.6 Å². The van der Waals surface area contributed by atoms with Gasteiger partial charge in [0.1, 0.15) is 11.4 Å². The van der Waals surface area contributed by atoms with Gasteiger partial charge in [0.05, 0.1) is 11.0 Å². The van der Waals surface area contributed by atoms with Crippen molar-refractivity contribution >= 4 is 44.9 Å². The van der Waals surface area contributed by atoms with E-state index in [0.29, 0.717) is 11.4 Å². The highest BCUT2D eigenvalue weighted by Crippen LogP contribution is 2.35. The molecule has 0 amide bonds. The maximum atomic E-state index is 13.6. The summed E-state index contributed by atoms with van der Waals surface area (Å²) in [6.07, 6.45) is -0.506. The van der Waals surface area contributed by atoms with E-state index in [9.17, 15) is 13.2 Å². The number of anilines is 4. The Morgan fingerprint density at radius 3 is 1.88 bits per heavy atom. The zero-order chi connectivity index (χ0) is 22.1. The number of hydrogen-bond acceptors (Lipinski definition) is 6. The monoisotopic (exact) mass is 432 g/mol. The van der Waals surface area contributed by atoms with Crippen LogP contribution in [0.1, 0.15) is 5.56 Å².